The fraction of sp³-hybridized carbons (Fsp3) is 0.130. The number of pyridine rings is 1. The normalized spacial score (nSPS) is 12.9. The molecule has 5 rings (SSSR count). The highest BCUT2D eigenvalue weighted by Crippen LogP contribution is 2.43. The van der Waals surface area contributed by atoms with Gasteiger partial charge < -0.3 is 14.2 Å². The smallest absolute Gasteiger partial charge is 0.339 e. The van der Waals surface area contributed by atoms with Crippen molar-refractivity contribution in [2.75, 3.05) is 14.2 Å². The van der Waals surface area contributed by atoms with Gasteiger partial charge in [0.25, 0.3) is 0 Å². The van der Waals surface area contributed by atoms with Crippen molar-refractivity contribution in [2.24, 2.45) is 0 Å². The lowest BCUT2D eigenvalue weighted by molar-refractivity contribution is 0.0535. The molecular weight excluding hydrogens is 390 g/mol. The highest BCUT2D eigenvalue weighted by atomic mass is 35.5. The Hall–Kier alpha value is -3.31. The number of ether oxygens (including phenoxy) is 3. The first-order valence-electron chi connectivity index (χ1n) is 9.04. The van der Waals surface area contributed by atoms with Gasteiger partial charge in [0, 0.05) is 22.7 Å². The molecule has 144 valence electrons. The Morgan fingerprint density at radius 1 is 0.966 bits per heavy atom. The number of hydrogen-bond acceptors (Lipinski definition) is 5. The first kappa shape index (κ1) is 17.8. The molecule has 0 fully saturated rings. The highest BCUT2D eigenvalue weighted by Gasteiger charge is 2.28. The van der Waals surface area contributed by atoms with Crippen LogP contribution in [0.4, 0.5) is 0 Å². The molecule has 1 aliphatic heterocycles. The second-order valence-corrected chi connectivity index (χ2v) is 7.22. The monoisotopic (exact) mass is 405 g/mol. The Morgan fingerprint density at radius 2 is 1.76 bits per heavy atom. The predicted molar refractivity (Wildman–Crippen MR) is 112 cm³/mol. The fourth-order valence-corrected chi connectivity index (χ4v) is 4.12. The molecule has 0 unspecified atom stereocenters. The third-order valence-corrected chi connectivity index (χ3v) is 5.60. The van der Waals surface area contributed by atoms with E-state index in [4.69, 9.17) is 25.8 Å². The molecule has 0 amide bonds. The quantitative estimate of drug-likeness (QED) is 0.427. The minimum Gasteiger partial charge on any atom is -0.493 e. The summed E-state index contributed by atoms with van der Waals surface area (Å²) in [5, 5.41) is 3.24. The lowest BCUT2D eigenvalue weighted by atomic mass is 9.90. The van der Waals surface area contributed by atoms with Gasteiger partial charge in [0.15, 0.2) is 11.5 Å². The Balaban J connectivity index is 1.90. The first-order valence-corrected chi connectivity index (χ1v) is 9.42. The van der Waals surface area contributed by atoms with Gasteiger partial charge in [-0.1, -0.05) is 17.7 Å². The lowest BCUT2D eigenvalue weighted by Gasteiger charge is -2.15. The number of carbonyl (C=O) groups is 1. The van der Waals surface area contributed by atoms with Gasteiger partial charge >= 0.3 is 5.97 Å². The second-order valence-electron chi connectivity index (χ2n) is 6.81. The van der Waals surface area contributed by atoms with Crippen molar-refractivity contribution in [2.45, 2.75) is 6.61 Å². The number of fused-ring (bicyclic) bond motifs is 3. The van der Waals surface area contributed by atoms with E-state index in [9.17, 15) is 4.79 Å². The molecule has 1 aromatic heterocycles. The number of methoxy groups -OCH3 is 2. The van der Waals surface area contributed by atoms with Crippen molar-refractivity contribution in [3.63, 3.8) is 0 Å². The molecule has 2 heterocycles. The summed E-state index contributed by atoms with van der Waals surface area (Å²) >= 11 is 6.40. The maximum Gasteiger partial charge on any atom is 0.339 e. The summed E-state index contributed by atoms with van der Waals surface area (Å²) in [7, 11) is 3.19. The molecule has 3 aromatic carbocycles. The molecule has 0 spiro atoms. The van der Waals surface area contributed by atoms with E-state index in [1.165, 1.54) is 0 Å². The first-order chi connectivity index (χ1) is 14.1. The van der Waals surface area contributed by atoms with Crippen molar-refractivity contribution in [1.29, 1.82) is 0 Å². The lowest BCUT2D eigenvalue weighted by Crippen LogP contribution is -2.00. The molecule has 4 aromatic rings. The van der Waals surface area contributed by atoms with Crippen LogP contribution in [0, 0.1) is 0 Å². The molecule has 5 nitrogen and oxygen atoms in total. The van der Waals surface area contributed by atoms with Crippen molar-refractivity contribution in [3.8, 4) is 22.6 Å². The van der Waals surface area contributed by atoms with Crippen LogP contribution >= 0.6 is 11.6 Å². The molecule has 0 saturated carbocycles. The Bertz CT molecular complexity index is 1320. The summed E-state index contributed by atoms with van der Waals surface area (Å²) in [5.41, 5.74) is 3.87. The number of hydrogen-bond donors (Lipinski definition) is 0. The largest absolute Gasteiger partial charge is 0.493 e. The van der Waals surface area contributed by atoms with Gasteiger partial charge in [0.05, 0.1) is 30.3 Å². The number of aromatic nitrogens is 1. The molecule has 0 saturated heterocycles. The molecule has 0 atom stereocenters. The molecule has 6 heteroatoms. The topological polar surface area (TPSA) is 57.7 Å². The van der Waals surface area contributed by atoms with Crippen LogP contribution in [0.2, 0.25) is 5.02 Å². The summed E-state index contributed by atoms with van der Waals surface area (Å²) in [6.45, 7) is 0.251. The summed E-state index contributed by atoms with van der Waals surface area (Å²) in [6, 6.07) is 13.3. The number of benzene rings is 3. The van der Waals surface area contributed by atoms with Crippen LogP contribution in [0.15, 0.2) is 48.7 Å². The second kappa shape index (κ2) is 6.64. The van der Waals surface area contributed by atoms with E-state index in [-0.39, 0.29) is 12.6 Å². The number of nitrogens with zero attached hydrogens (tertiary/aromatic N) is 1. The Kier molecular flexibility index (Phi) is 4.07. The van der Waals surface area contributed by atoms with E-state index < -0.39 is 0 Å². The van der Waals surface area contributed by atoms with Crippen LogP contribution in [0.3, 0.4) is 0 Å². The number of rotatable bonds is 3. The van der Waals surface area contributed by atoms with Crippen LogP contribution in [-0.2, 0) is 11.3 Å². The van der Waals surface area contributed by atoms with Gasteiger partial charge in [-0.05, 0) is 52.7 Å². The van der Waals surface area contributed by atoms with Crippen LogP contribution < -0.4 is 9.47 Å². The van der Waals surface area contributed by atoms with E-state index in [1.54, 1.807) is 26.5 Å². The molecule has 0 aliphatic carbocycles. The summed E-state index contributed by atoms with van der Waals surface area (Å²) in [6.07, 6.45) is 1.68. The number of halogens is 1. The van der Waals surface area contributed by atoms with Gasteiger partial charge in [0.2, 0.25) is 0 Å². The van der Waals surface area contributed by atoms with E-state index in [1.807, 2.05) is 36.4 Å². The van der Waals surface area contributed by atoms with Gasteiger partial charge in [-0.15, -0.1) is 0 Å². The van der Waals surface area contributed by atoms with Crippen molar-refractivity contribution in [3.05, 3.63) is 64.8 Å². The molecule has 0 N–H and O–H groups in total. The molecule has 0 radical (unpaired) electrons. The molecule has 1 aliphatic rings. The third-order valence-electron chi connectivity index (χ3n) is 5.27. The number of esters is 1. The summed E-state index contributed by atoms with van der Waals surface area (Å²) in [5.74, 6) is 0.888. The van der Waals surface area contributed by atoms with Crippen molar-refractivity contribution in [1.82, 2.24) is 4.98 Å². The number of cyclic esters (lactones) is 1. The van der Waals surface area contributed by atoms with Crippen molar-refractivity contribution >= 4 is 39.2 Å². The Labute approximate surface area is 171 Å². The zero-order valence-corrected chi connectivity index (χ0v) is 16.5. The zero-order chi connectivity index (χ0) is 20.1. The van der Waals surface area contributed by atoms with Crippen LogP contribution in [0.25, 0.3) is 32.8 Å². The van der Waals surface area contributed by atoms with Crippen LogP contribution in [-0.4, -0.2) is 25.2 Å². The van der Waals surface area contributed by atoms with E-state index in [0.717, 1.165) is 38.4 Å². The third kappa shape index (κ3) is 2.69. The molecule has 0 bridgehead atoms. The predicted octanol–water partition coefficient (Wildman–Crippen LogP) is 5.40. The molecule has 29 heavy (non-hydrogen) atoms. The van der Waals surface area contributed by atoms with Crippen molar-refractivity contribution < 1.29 is 19.0 Å². The summed E-state index contributed by atoms with van der Waals surface area (Å²) in [4.78, 5) is 17.0. The average Bonchev–Trinajstić information content (AvgIpc) is 3.11. The Morgan fingerprint density at radius 3 is 2.55 bits per heavy atom. The van der Waals surface area contributed by atoms with E-state index >= 15 is 0 Å². The highest BCUT2D eigenvalue weighted by molar-refractivity contribution is 6.35. The summed E-state index contributed by atoms with van der Waals surface area (Å²) < 4.78 is 16.3. The SMILES string of the molecule is COc1cc2cc3c(c(-c4ccc5nccc(Cl)c5c4)c2cc1OC)C(=O)OC3. The average molecular weight is 406 g/mol. The minimum absolute atomic E-state index is 0.251. The maximum atomic E-state index is 12.6. The van der Waals surface area contributed by atoms with Gasteiger partial charge in [-0.2, -0.15) is 0 Å². The van der Waals surface area contributed by atoms with Crippen LogP contribution in [0.5, 0.6) is 11.5 Å². The van der Waals surface area contributed by atoms with Gasteiger partial charge in [-0.3, -0.25) is 4.98 Å². The molecular formula is C23H16ClNO4. The van der Waals surface area contributed by atoms with E-state index in [0.29, 0.717) is 22.1 Å². The fourth-order valence-electron chi connectivity index (χ4n) is 3.92. The van der Waals surface area contributed by atoms with E-state index in [2.05, 4.69) is 4.98 Å². The minimum atomic E-state index is -0.330. The van der Waals surface area contributed by atoms with Crippen LogP contribution in [0.1, 0.15) is 15.9 Å². The van der Waals surface area contributed by atoms with Gasteiger partial charge in [-0.25, -0.2) is 4.79 Å². The standard InChI is InChI=1S/C23H16ClNO4/c1-27-19-9-13-7-14-11-29-23(26)22(14)21(15(13)10-20(19)28-2)12-3-4-18-16(8-12)17(24)5-6-25-18/h3-10H,11H2,1-2H3. The maximum absolute atomic E-state index is 12.6. The van der Waals surface area contributed by atoms with Gasteiger partial charge in [0.1, 0.15) is 6.61 Å². The zero-order valence-electron chi connectivity index (χ0n) is 15.8. The number of carbonyl (C=O) groups excluding carboxylic acids is 1.